The molecule has 5 rings (SSSR count). The second-order valence-corrected chi connectivity index (χ2v) is 7.80. The highest BCUT2D eigenvalue weighted by Crippen LogP contribution is 2.33. The van der Waals surface area contributed by atoms with Crippen LogP contribution in [0.2, 0.25) is 0 Å². The summed E-state index contributed by atoms with van der Waals surface area (Å²) in [7, 11) is 0. The molecule has 3 heterocycles. The summed E-state index contributed by atoms with van der Waals surface area (Å²) < 4.78 is 7.56. The van der Waals surface area contributed by atoms with Crippen LogP contribution < -0.4 is 11.2 Å². The van der Waals surface area contributed by atoms with Gasteiger partial charge >= 0.3 is 11.6 Å². The van der Waals surface area contributed by atoms with Crippen molar-refractivity contribution in [2.45, 2.75) is 26.7 Å². The molecule has 1 aromatic carbocycles. The molecule has 1 amide bonds. The number of amides is 1. The Bertz CT molecular complexity index is 1470. The van der Waals surface area contributed by atoms with Crippen LogP contribution in [0.1, 0.15) is 13.3 Å². The Hall–Kier alpha value is -3.86. The van der Waals surface area contributed by atoms with Crippen LogP contribution in [0.4, 0.5) is 0 Å². The molecule has 0 spiro atoms. The fourth-order valence-corrected chi connectivity index (χ4v) is 4.14. The molecular formula is C23H21N5O5. The molecule has 0 radical (unpaired) electrons. The van der Waals surface area contributed by atoms with Crippen LogP contribution in [-0.2, 0) is 22.9 Å². The first-order chi connectivity index (χ1) is 15.9. The average Bonchev–Trinajstić information content (AvgIpc) is 3.35. The number of fused-ring (bicyclic) bond motifs is 2. The molecule has 3 aromatic rings. The first kappa shape index (κ1) is 21.0. The highest BCUT2D eigenvalue weighted by atomic mass is 16.6. The maximum Gasteiger partial charge on any atom is 0.352 e. The smallest absolute Gasteiger partial charge is 0.352 e. The lowest BCUT2D eigenvalue weighted by atomic mass is 10.0. The molecule has 2 aromatic heterocycles. The third-order valence-electron chi connectivity index (χ3n) is 5.72. The number of carbonyl (C=O) groups excluding carboxylic acids is 1. The number of nitrogens with zero attached hydrogens (tertiary/aromatic N) is 5. The molecule has 1 unspecified atom stereocenters. The zero-order valence-electron chi connectivity index (χ0n) is 17.9. The number of carbonyl (C=O) groups is 1. The van der Waals surface area contributed by atoms with Crippen LogP contribution in [0.25, 0.3) is 16.9 Å². The molecule has 1 aliphatic heterocycles. The highest BCUT2D eigenvalue weighted by molar-refractivity contribution is 5.96. The molecule has 0 bridgehead atoms. The number of para-hydroxylation sites is 1. The van der Waals surface area contributed by atoms with E-state index >= 15 is 0 Å². The van der Waals surface area contributed by atoms with E-state index in [-0.39, 0.29) is 17.9 Å². The number of quaternary nitrogens is 1. The minimum atomic E-state index is -1.45. The van der Waals surface area contributed by atoms with Crippen LogP contribution in [0.3, 0.4) is 0 Å². The van der Waals surface area contributed by atoms with Gasteiger partial charge in [0.25, 0.3) is 5.56 Å². The van der Waals surface area contributed by atoms with Crippen molar-refractivity contribution < 1.29 is 14.2 Å². The van der Waals surface area contributed by atoms with Crippen LogP contribution in [0.15, 0.2) is 81.8 Å². The van der Waals surface area contributed by atoms with Gasteiger partial charge in [-0.15, -0.1) is 0 Å². The molecule has 1 aliphatic carbocycles. The van der Waals surface area contributed by atoms with Gasteiger partial charge in [-0.1, -0.05) is 30.4 Å². The van der Waals surface area contributed by atoms with Crippen LogP contribution in [0, 0.1) is 5.21 Å². The zero-order valence-corrected chi connectivity index (χ0v) is 17.9. The normalized spacial score (nSPS) is 19.6. The number of ether oxygens (including phenoxy) is 1. The molecular weight excluding hydrogens is 426 g/mol. The Morgan fingerprint density at radius 2 is 1.97 bits per heavy atom. The molecule has 1 atom stereocenters. The summed E-state index contributed by atoms with van der Waals surface area (Å²) in [6.45, 7) is 1.60. The number of allylic oxidation sites excluding steroid dienone is 3. The molecule has 2 aliphatic rings. The summed E-state index contributed by atoms with van der Waals surface area (Å²) in [5.41, 5.74) is 0.185. The summed E-state index contributed by atoms with van der Waals surface area (Å²) in [4.78, 5) is 44.2. The molecule has 0 fully saturated rings. The fourth-order valence-electron chi connectivity index (χ4n) is 4.14. The van der Waals surface area contributed by atoms with Crippen LogP contribution in [-0.4, -0.2) is 35.8 Å². The van der Waals surface area contributed by atoms with E-state index in [1.54, 1.807) is 42.5 Å². The summed E-state index contributed by atoms with van der Waals surface area (Å²) in [5, 5.41) is 13.5. The Balaban J connectivity index is 1.73. The minimum absolute atomic E-state index is 0.0497. The summed E-state index contributed by atoms with van der Waals surface area (Å²) in [5.74, 6) is -0.699. The summed E-state index contributed by atoms with van der Waals surface area (Å²) in [6, 6.07) is 8.70. The van der Waals surface area contributed by atoms with Gasteiger partial charge in [0.2, 0.25) is 0 Å². The molecule has 168 valence electrons. The standard InChI is InChI=1S/C23H21N5O5/c1-2-33-15-25-13-24-20-19(25)21(29)26(23(31)27(20)17-9-4-3-5-10-17)14-28(32)12-16-8-6-7-11-18(16)22(28)30/h3-7,9-13H,2,8,14-15H2,1H3. The lowest BCUT2D eigenvalue weighted by Gasteiger charge is -2.32. The van der Waals surface area contributed by atoms with Crippen molar-refractivity contribution in [2.24, 2.45) is 0 Å². The van der Waals surface area contributed by atoms with Crippen molar-refractivity contribution in [3.8, 4) is 5.69 Å². The highest BCUT2D eigenvalue weighted by Gasteiger charge is 2.40. The van der Waals surface area contributed by atoms with Gasteiger partial charge in [-0.2, -0.15) is 0 Å². The minimum Gasteiger partial charge on any atom is -0.619 e. The van der Waals surface area contributed by atoms with E-state index in [1.807, 2.05) is 13.0 Å². The van der Waals surface area contributed by atoms with Crippen molar-refractivity contribution >= 4 is 17.1 Å². The maximum absolute atomic E-state index is 13.5. The predicted molar refractivity (Wildman–Crippen MR) is 120 cm³/mol. The number of aromatic nitrogens is 4. The van der Waals surface area contributed by atoms with Crippen molar-refractivity contribution in [2.75, 3.05) is 6.61 Å². The lowest BCUT2D eigenvalue weighted by molar-refractivity contribution is -0.770. The molecule has 0 saturated carbocycles. The van der Waals surface area contributed by atoms with Gasteiger partial charge in [0.15, 0.2) is 17.8 Å². The number of benzene rings is 1. The first-order valence-electron chi connectivity index (χ1n) is 10.5. The zero-order chi connectivity index (χ0) is 23.2. The molecule has 0 N–H and O–H groups in total. The monoisotopic (exact) mass is 447 g/mol. The third kappa shape index (κ3) is 3.32. The van der Waals surface area contributed by atoms with Gasteiger partial charge in [0.05, 0.1) is 17.6 Å². The topological polar surface area (TPSA) is 111 Å². The van der Waals surface area contributed by atoms with Crippen molar-refractivity contribution in [3.63, 3.8) is 0 Å². The molecule has 10 heteroatoms. The number of hydrogen-bond donors (Lipinski definition) is 0. The van der Waals surface area contributed by atoms with Gasteiger partial charge in [0.1, 0.15) is 12.9 Å². The van der Waals surface area contributed by atoms with Gasteiger partial charge in [-0.05, 0) is 31.6 Å². The second kappa shape index (κ2) is 7.93. The fraction of sp³-hybridized carbons (Fsp3) is 0.217. The largest absolute Gasteiger partial charge is 0.619 e. The van der Waals surface area contributed by atoms with Crippen molar-refractivity contribution in [1.29, 1.82) is 0 Å². The van der Waals surface area contributed by atoms with E-state index < -0.39 is 28.5 Å². The second-order valence-electron chi connectivity index (χ2n) is 7.80. The maximum atomic E-state index is 13.5. The SMILES string of the molecule is CCOCn1cnc2c1c(=O)n(C[N+]1([O-])C=C3CC=CC=C3C1=O)c(=O)n2-c1ccccc1. The van der Waals surface area contributed by atoms with Gasteiger partial charge < -0.3 is 14.5 Å². The lowest BCUT2D eigenvalue weighted by Crippen LogP contribution is -2.50. The molecule has 0 saturated heterocycles. The Morgan fingerprint density at radius 3 is 2.70 bits per heavy atom. The van der Waals surface area contributed by atoms with E-state index in [4.69, 9.17) is 4.74 Å². The van der Waals surface area contributed by atoms with E-state index in [0.29, 0.717) is 29.9 Å². The van der Waals surface area contributed by atoms with E-state index in [9.17, 15) is 19.6 Å². The summed E-state index contributed by atoms with van der Waals surface area (Å²) in [6.07, 6.45) is 8.28. The van der Waals surface area contributed by atoms with Crippen molar-refractivity contribution in [1.82, 2.24) is 18.7 Å². The number of hydroxylamine groups is 3. The number of hydrogen-bond acceptors (Lipinski definition) is 6. The van der Waals surface area contributed by atoms with Crippen LogP contribution in [0.5, 0.6) is 0 Å². The summed E-state index contributed by atoms with van der Waals surface area (Å²) >= 11 is 0. The van der Waals surface area contributed by atoms with E-state index in [1.165, 1.54) is 21.7 Å². The van der Waals surface area contributed by atoms with E-state index in [0.717, 1.165) is 4.57 Å². The Labute approximate surface area is 187 Å². The number of rotatable bonds is 6. The van der Waals surface area contributed by atoms with Crippen molar-refractivity contribution in [3.05, 3.63) is 98.3 Å². The first-order valence-corrected chi connectivity index (χ1v) is 10.5. The van der Waals surface area contributed by atoms with Gasteiger partial charge in [0, 0.05) is 12.2 Å². The quantitative estimate of drug-likeness (QED) is 0.422. The predicted octanol–water partition coefficient (Wildman–Crippen LogP) is 1.93. The van der Waals surface area contributed by atoms with E-state index in [2.05, 4.69) is 4.98 Å². The average molecular weight is 447 g/mol. The Kier molecular flexibility index (Phi) is 5.05. The van der Waals surface area contributed by atoms with Gasteiger partial charge in [-0.25, -0.2) is 28.4 Å². The van der Waals surface area contributed by atoms with Crippen LogP contribution >= 0.6 is 0 Å². The Morgan fingerprint density at radius 1 is 1.18 bits per heavy atom. The molecule has 10 nitrogen and oxygen atoms in total. The van der Waals surface area contributed by atoms with Gasteiger partial charge in [-0.3, -0.25) is 4.79 Å². The molecule has 33 heavy (non-hydrogen) atoms. The third-order valence-corrected chi connectivity index (χ3v) is 5.72. The number of imidazole rings is 1.